The largest absolute Gasteiger partial charge is 2.00 e. The van der Waals surface area contributed by atoms with Gasteiger partial charge in [-0.25, -0.2) is 24.3 Å². The quantitative estimate of drug-likeness (QED) is 0.508. The summed E-state index contributed by atoms with van der Waals surface area (Å²) < 4.78 is 0. The molecule has 0 fully saturated rings. The van der Waals surface area contributed by atoms with Gasteiger partial charge < -0.3 is 0 Å². The van der Waals surface area contributed by atoms with E-state index < -0.39 is 0 Å². The van der Waals surface area contributed by atoms with E-state index in [1.165, 1.54) is 0 Å². The Morgan fingerprint density at radius 2 is 1.00 bits per heavy atom. The van der Waals surface area contributed by atoms with Gasteiger partial charge in [0, 0.05) is 0 Å². The second-order valence-electron chi connectivity index (χ2n) is 1.96. The Morgan fingerprint density at radius 1 is 0.733 bits per heavy atom. The van der Waals surface area contributed by atoms with E-state index in [0.29, 0.717) is 0 Å². The van der Waals surface area contributed by atoms with Crippen LogP contribution in [0.2, 0.25) is 0 Å². The van der Waals surface area contributed by atoms with E-state index >= 15 is 0 Å². The van der Waals surface area contributed by atoms with Gasteiger partial charge in [0.2, 0.25) is 0 Å². The average molecular weight is 326 g/mol. The van der Waals surface area contributed by atoms with Gasteiger partial charge in [0.05, 0.1) is 0 Å². The third-order valence-corrected chi connectivity index (χ3v) is 0.911. The summed E-state index contributed by atoms with van der Waals surface area (Å²) in [6.07, 6.45) is 17.3. The molecule has 0 bridgehead atoms. The molecule has 0 nitrogen and oxygen atoms in total. The van der Waals surface area contributed by atoms with Crippen LogP contribution in [0.15, 0.2) is 36.5 Å². The molecule has 0 N–H and O–H groups in total. The van der Waals surface area contributed by atoms with E-state index in [4.69, 9.17) is 0 Å². The van der Waals surface area contributed by atoms with Gasteiger partial charge in [-0.3, -0.25) is 12.2 Å². The van der Waals surface area contributed by atoms with Gasteiger partial charge in [0.1, 0.15) is 0 Å². The molecule has 3 heteroatoms. The number of hydrogen-bond acceptors (Lipinski definition) is 0. The van der Waals surface area contributed by atoms with Crippen molar-refractivity contribution in [3.8, 4) is 0 Å². The van der Waals surface area contributed by atoms with Crippen LogP contribution in [0.4, 0.5) is 0 Å². The molecule has 0 aliphatic carbocycles. The van der Waals surface area contributed by atoms with Crippen LogP contribution in [-0.4, -0.2) is 0 Å². The maximum absolute atomic E-state index is 2.86. The summed E-state index contributed by atoms with van der Waals surface area (Å²) in [6.45, 7) is 7.71. The first-order chi connectivity index (χ1) is 5.83. The molecule has 0 radical (unpaired) electrons. The zero-order valence-electron chi connectivity index (χ0n) is 9.78. The van der Waals surface area contributed by atoms with Crippen molar-refractivity contribution in [1.82, 2.24) is 0 Å². The van der Waals surface area contributed by atoms with Crippen LogP contribution in [-0.2, 0) is 26.2 Å². The summed E-state index contributed by atoms with van der Waals surface area (Å²) in [5.74, 6) is 0. The minimum Gasteiger partial charge on any atom is -0.279 e. The molecule has 15 heavy (non-hydrogen) atoms. The first-order valence-corrected chi connectivity index (χ1v) is 4.07. The molecule has 0 amide bonds. The second kappa shape index (κ2) is 36.6. The number of hydrogen-bond donors (Lipinski definition) is 0. The number of allylic oxidation sites excluding steroid dienone is 8. The average Bonchev–Trinajstić information content (AvgIpc) is 2.12. The molecule has 0 aromatic rings. The molecule has 0 saturated carbocycles. The number of halogens is 2. The fourth-order valence-electron chi connectivity index (χ4n) is 0.385. The maximum atomic E-state index is 2.86. The van der Waals surface area contributed by atoms with Crippen molar-refractivity contribution in [2.45, 2.75) is 27.7 Å². The van der Waals surface area contributed by atoms with E-state index in [0.717, 1.165) is 0 Å². The van der Waals surface area contributed by atoms with Gasteiger partial charge in [0.15, 0.2) is 0 Å². The zero-order chi connectivity index (χ0) is 9.66. The van der Waals surface area contributed by atoms with Crippen LogP contribution in [0.3, 0.4) is 0 Å². The van der Waals surface area contributed by atoms with Gasteiger partial charge >= 0.3 is 26.2 Å². The molecule has 0 spiro atoms. The minimum absolute atomic E-state index is 0. The topological polar surface area (TPSA) is 0 Å². The van der Waals surface area contributed by atoms with Crippen LogP contribution in [0, 0.1) is 12.2 Å². The summed E-state index contributed by atoms with van der Waals surface area (Å²) in [5, 5.41) is 0. The smallest absolute Gasteiger partial charge is 0.279 e. The van der Waals surface area contributed by atoms with Gasteiger partial charge in [-0.2, -0.15) is 12.2 Å². The first kappa shape index (κ1) is 29.5. The van der Waals surface area contributed by atoms with Crippen molar-refractivity contribution >= 4 is 24.8 Å². The van der Waals surface area contributed by atoms with Gasteiger partial charge in [-0.05, 0) is 0 Å². The summed E-state index contributed by atoms with van der Waals surface area (Å²) in [6, 6.07) is 0. The molecule has 0 unspecified atom stereocenters. The fourth-order valence-corrected chi connectivity index (χ4v) is 0.385. The molecule has 0 rings (SSSR count). The summed E-state index contributed by atoms with van der Waals surface area (Å²) in [4.78, 5) is 0. The summed E-state index contributed by atoms with van der Waals surface area (Å²) in [5.41, 5.74) is 0. The van der Waals surface area contributed by atoms with Crippen LogP contribution in [0.5, 0.6) is 0 Å². The summed E-state index contributed by atoms with van der Waals surface area (Å²) in [7, 11) is 0. The fraction of sp³-hybridized carbons (Fsp3) is 0.333. The SMILES string of the molecule is C[C-]=CC=CC.C[C-]=CC=CC.Cl.Cl.[Zr+2]. The van der Waals surface area contributed by atoms with Crippen molar-refractivity contribution in [3.05, 3.63) is 48.6 Å². The molecule has 0 aliphatic heterocycles. The van der Waals surface area contributed by atoms with E-state index in [9.17, 15) is 0 Å². The van der Waals surface area contributed by atoms with Crippen molar-refractivity contribution in [1.29, 1.82) is 0 Å². The third-order valence-electron chi connectivity index (χ3n) is 0.911. The second-order valence-corrected chi connectivity index (χ2v) is 1.96. The minimum atomic E-state index is 0. The van der Waals surface area contributed by atoms with Gasteiger partial charge in [0.25, 0.3) is 0 Å². The molecule has 86 valence electrons. The molecule has 0 atom stereocenters. The van der Waals surface area contributed by atoms with E-state index in [1.54, 1.807) is 0 Å². The standard InChI is InChI=1S/2C6H9.2ClH.Zr/c2*1-3-5-6-4-2;;;/h2*3,5-6H,1-2H3;2*1H;/q2*-1;;;+2. The Kier molecular flexibility index (Phi) is 72.1. The maximum Gasteiger partial charge on any atom is 2.00 e. The van der Waals surface area contributed by atoms with E-state index in [1.807, 2.05) is 64.2 Å². The van der Waals surface area contributed by atoms with Crippen LogP contribution in [0.1, 0.15) is 27.7 Å². The van der Waals surface area contributed by atoms with Crippen LogP contribution < -0.4 is 0 Å². The Balaban J connectivity index is -0.0000000370. The molecule has 0 aliphatic rings. The Hall–Kier alpha value is 0.423. The molecule has 0 heterocycles. The zero-order valence-corrected chi connectivity index (χ0v) is 13.9. The normalized spacial score (nSPS) is 9.33. The Bertz CT molecular complexity index is 130. The predicted octanol–water partition coefficient (Wildman–Crippen LogP) is 4.72. The van der Waals surface area contributed by atoms with E-state index in [-0.39, 0.29) is 51.0 Å². The van der Waals surface area contributed by atoms with Gasteiger partial charge in [-0.15, -0.1) is 38.7 Å². The molecular formula is C12H20Cl2Zr. The van der Waals surface area contributed by atoms with Crippen LogP contribution >= 0.6 is 24.8 Å². The Morgan fingerprint density at radius 3 is 1.07 bits per heavy atom. The summed E-state index contributed by atoms with van der Waals surface area (Å²) >= 11 is 0. The third kappa shape index (κ3) is 54.0. The van der Waals surface area contributed by atoms with E-state index in [2.05, 4.69) is 12.2 Å². The molecule has 0 saturated heterocycles. The van der Waals surface area contributed by atoms with Crippen molar-refractivity contribution in [3.63, 3.8) is 0 Å². The predicted molar refractivity (Wildman–Crippen MR) is 71.1 cm³/mol. The number of rotatable bonds is 2. The van der Waals surface area contributed by atoms with Crippen molar-refractivity contribution in [2.75, 3.05) is 0 Å². The van der Waals surface area contributed by atoms with Gasteiger partial charge in [-0.1, -0.05) is 13.8 Å². The van der Waals surface area contributed by atoms with Crippen molar-refractivity contribution < 1.29 is 26.2 Å². The Labute approximate surface area is 127 Å². The molecular weight excluding hydrogens is 306 g/mol. The van der Waals surface area contributed by atoms with Crippen molar-refractivity contribution in [2.24, 2.45) is 0 Å². The monoisotopic (exact) mass is 324 g/mol. The molecule has 0 aromatic carbocycles. The first-order valence-electron chi connectivity index (χ1n) is 4.07. The molecule has 0 aromatic heterocycles. The van der Waals surface area contributed by atoms with Crippen LogP contribution in [0.25, 0.3) is 0 Å².